The van der Waals surface area contributed by atoms with Crippen LogP contribution in [-0.4, -0.2) is 19.9 Å². The van der Waals surface area contributed by atoms with Crippen LogP contribution in [0.5, 0.6) is 0 Å². The molecule has 5 aromatic carbocycles. The summed E-state index contributed by atoms with van der Waals surface area (Å²) in [6.07, 6.45) is 3.56. The molecule has 206 valence electrons. The van der Waals surface area contributed by atoms with Crippen molar-refractivity contribution >= 4 is 21.5 Å². The monoisotopic (exact) mass is 562 g/mol. The van der Waals surface area contributed by atoms with E-state index in [1.807, 2.05) is 42.5 Å². The lowest BCUT2D eigenvalue weighted by Crippen LogP contribution is -1.98. The maximum Gasteiger partial charge on any atom is 0.179 e. The highest BCUT2D eigenvalue weighted by atomic mass is 14.9. The molecule has 44 heavy (non-hydrogen) atoms. The summed E-state index contributed by atoms with van der Waals surface area (Å²) in [6, 6.07) is 50.4. The summed E-state index contributed by atoms with van der Waals surface area (Å²) in [5.74, 6) is 0.565. The van der Waals surface area contributed by atoms with Crippen LogP contribution in [0.15, 0.2) is 158 Å². The first-order valence-electron chi connectivity index (χ1n) is 14.6. The maximum absolute atomic E-state index is 5.05. The zero-order valence-electron chi connectivity index (χ0n) is 23.8. The Morgan fingerprint density at radius 2 is 0.841 bits per heavy atom. The van der Waals surface area contributed by atoms with Crippen LogP contribution in [-0.2, 0) is 0 Å². The summed E-state index contributed by atoms with van der Waals surface area (Å²) in [5.41, 5.74) is 8.89. The molecule has 0 aliphatic rings. The van der Waals surface area contributed by atoms with Crippen molar-refractivity contribution in [3.05, 3.63) is 158 Å². The Hall–Kier alpha value is -6.00. The van der Waals surface area contributed by atoms with Gasteiger partial charge in [0.25, 0.3) is 0 Å². The fraction of sp³-hybridized carbons (Fsp3) is 0. The number of fused-ring (bicyclic) bond motifs is 2. The predicted molar refractivity (Wildman–Crippen MR) is 180 cm³/mol. The van der Waals surface area contributed by atoms with Crippen molar-refractivity contribution in [2.75, 3.05) is 0 Å². The van der Waals surface area contributed by atoms with Gasteiger partial charge in [0.05, 0.1) is 17.1 Å². The van der Waals surface area contributed by atoms with E-state index in [0.717, 1.165) is 28.3 Å². The number of aromatic nitrogens is 4. The van der Waals surface area contributed by atoms with Crippen molar-refractivity contribution in [3.8, 4) is 56.4 Å². The summed E-state index contributed by atoms with van der Waals surface area (Å²) < 4.78 is 0. The van der Waals surface area contributed by atoms with Gasteiger partial charge in [-0.3, -0.25) is 9.97 Å². The second-order valence-corrected chi connectivity index (χ2v) is 10.7. The lowest BCUT2D eigenvalue weighted by atomic mass is 9.85. The lowest BCUT2D eigenvalue weighted by molar-refractivity contribution is 1.13. The van der Waals surface area contributed by atoms with Gasteiger partial charge < -0.3 is 0 Å². The average molecular weight is 563 g/mol. The fourth-order valence-electron chi connectivity index (χ4n) is 6.02. The van der Waals surface area contributed by atoms with Crippen molar-refractivity contribution in [3.63, 3.8) is 0 Å². The number of nitrogens with zero attached hydrogens (tertiary/aromatic N) is 4. The SMILES string of the molecule is c1ccc(-c2c3ccccc3c(-c3ccccc3)c3cc(-c4cc(-c5ccccn5)nc(-c5ccccn5)n4)ccc23)cc1. The topological polar surface area (TPSA) is 51.6 Å². The van der Waals surface area contributed by atoms with E-state index < -0.39 is 0 Å². The molecule has 0 aliphatic heterocycles. The standard InChI is InChI=1S/C40H26N4/c1-3-13-27(14-4-1)38-30-17-7-8-18-31(30)39(28-15-5-2-6-16-28)33-25-29(21-22-32(33)38)36-26-37(34-19-9-11-23-41-34)44-40(43-36)35-20-10-12-24-42-35/h1-26H. The van der Waals surface area contributed by atoms with E-state index in [2.05, 4.69) is 113 Å². The first kappa shape index (κ1) is 25.7. The van der Waals surface area contributed by atoms with Gasteiger partial charge in [0.15, 0.2) is 5.82 Å². The number of pyridine rings is 2. The second-order valence-electron chi connectivity index (χ2n) is 10.7. The highest BCUT2D eigenvalue weighted by molar-refractivity contribution is 6.21. The molecule has 0 spiro atoms. The third-order valence-electron chi connectivity index (χ3n) is 7.99. The minimum absolute atomic E-state index is 0.565. The zero-order valence-corrected chi connectivity index (χ0v) is 23.8. The smallest absolute Gasteiger partial charge is 0.179 e. The first-order valence-corrected chi connectivity index (χ1v) is 14.6. The van der Waals surface area contributed by atoms with Gasteiger partial charge in [-0.1, -0.05) is 109 Å². The van der Waals surface area contributed by atoms with E-state index in [1.165, 1.54) is 43.8 Å². The van der Waals surface area contributed by atoms with Gasteiger partial charge >= 0.3 is 0 Å². The molecule has 0 saturated carbocycles. The molecule has 0 amide bonds. The number of hydrogen-bond acceptors (Lipinski definition) is 4. The third-order valence-corrected chi connectivity index (χ3v) is 7.99. The van der Waals surface area contributed by atoms with Crippen LogP contribution in [0.1, 0.15) is 0 Å². The molecule has 3 aromatic heterocycles. The summed E-state index contributed by atoms with van der Waals surface area (Å²) in [6.45, 7) is 0. The zero-order chi connectivity index (χ0) is 29.3. The van der Waals surface area contributed by atoms with Crippen molar-refractivity contribution in [2.24, 2.45) is 0 Å². The predicted octanol–water partition coefficient (Wildman–Crippen LogP) is 9.91. The molecule has 3 heterocycles. The van der Waals surface area contributed by atoms with E-state index in [9.17, 15) is 0 Å². The fourth-order valence-corrected chi connectivity index (χ4v) is 6.02. The first-order chi connectivity index (χ1) is 21.8. The molecule has 8 rings (SSSR count). The Bertz CT molecular complexity index is 2190. The van der Waals surface area contributed by atoms with Crippen LogP contribution in [0.3, 0.4) is 0 Å². The van der Waals surface area contributed by atoms with Gasteiger partial charge in [-0.05, 0) is 80.2 Å². The molecule has 0 radical (unpaired) electrons. The van der Waals surface area contributed by atoms with Crippen molar-refractivity contribution < 1.29 is 0 Å². The molecular formula is C40H26N4. The van der Waals surface area contributed by atoms with E-state index in [0.29, 0.717) is 5.82 Å². The summed E-state index contributed by atoms with van der Waals surface area (Å²) in [4.78, 5) is 19.1. The van der Waals surface area contributed by atoms with Crippen LogP contribution in [0.4, 0.5) is 0 Å². The third kappa shape index (κ3) is 4.59. The van der Waals surface area contributed by atoms with Crippen molar-refractivity contribution in [1.82, 2.24) is 19.9 Å². The Kier molecular flexibility index (Phi) is 6.43. The van der Waals surface area contributed by atoms with Crippen LogP contribution in [0.2, 0.25) is 0 Å². The summed E-state index contributed by atoms with van der Waals surface area (Å²) in [7, 11) is 0. The molecule has 0 bridgehead atoms. The van der Waals surface area contributed by atoms with Gasteiger partial charge in [-0.2, -0.15) is 0 Å². The second kappa shape index (κ2) is 11.0. The number of rotatable bonds is 5. The Morgan fingerprint density at radius 1 is 0.318 bits per heavy atom. The molecule has 8 aromatic rings. The largest absolute Gasteiger partial charge is 0.255 e. The van der Waals surface area contributed by atoms with Gasteiger partial charge in [-0.25, -0.2) is 9.97 Å². The molecule has 4 nitrogen and oxygen atoms in total. The molecule has 0 saturated heterocycles. The summed E-state index contributed by atoms with van der Waals surface area (Å²) >= 11 is 0. The van der Waals surface area contributed by atoms with E-state index >= 15 is 0 Å². The number of benzene rings is 5. The minimum Gasteiger partial charge on any atom is -0.255 e. The molecule has 4 heteroatoms. The van der Waals surface area contributed by atoms with E-state index in [4.69, 9.17) is 9.97 Å². The minimum atomic E-state index is 0.565. The van der Waals surface area contributed by atoms with Gasteiger partial charge in [-0.15, -0.1) is 0 Å². The van der Waals surface area contributed by atoms with E-state index in [-0.39, 0.29) is 0 Å². The van der Waals surface area contributed by atoms with Gasteiger partial charge in [0.2, 0.25) is 0 Å². The molecule has 0 unspecified atom stereocenters. The molecule has 0 atom stereocenters. The molecular weight excluding hydrogens is 536 g/mol. The van der Waals surface area contributed by atoms with Gasteiger partial charge in [0.1, 0.15) is 5.69 Å². The molecule has 0 aliphatic carbocycles. The average Bonchev–Trinajstić information content (AvgIpc) is 3.11. The van der Waals surface area contributed by atoms with E-state index in [1.54, 1.807) is 12.4 Å². The highest BCUT2D eigenvalue weighted by Crippen LogP contribution is 2.44. The Balaban J connectivity index is 1.44. The maximum atomic E-state index is 5.05. The van der Waals surface area contributed by atoms with Crippen LogP contribution in [0, 0.1) is 0 Å². The van der Waals surface area contributed by atoms with Gasteiger partial charge in [0, 0.05) is 18.0 Å². The molecule has 0 fully saturated rings. The summed E-state index contributed by atoms with van der Waals surface area (Å²) in [5, 5.41) is 4.81. The highest BCUT2D eigenvalue weighted by Gasteiger charge is 2.18. The van der Waals surface area contributed by atoms with Crippen LogP contribution < -0.4 is 0 Å². The Labute approximate surface area is 255 Å². The quantitative estimate of drug-likeness (QED) is 0.196. The lowest BCUT2D eigenvalue weighted by Gasteiger charge is -2.18. The van der Waals surface area contributed by atoms with Crippen LogP contribution in [0.25, 0.3) is 78.0 Å². The normalized spacial score (nSPS) is 11.2. The van der Waals surface area contributed by atoms with Crippen molar-refractivity contribution in [2.45, 2.75) is 0 Å². The van der Waals surface area contributed by atoms with Crippen molar-refractivity contribution in [1.29, 1.82) is 0 Å². The molecule has 0 N–H and O–H groups in total. The van der Waals surface area contributed by atoms with Crippen LogP contribution >= 0.6 is 0 Å². The number of hydrogen-bond donors (Lipinski definition) is 0. The Morgan fingerprint density at radius 3 is 1.45 bits per heavy atom.